The van der Waals surface area contributed by atoms with Gasteiger partial charge < -0.3 is 29.3 Å². The van der Waals surface area contributed by atoms with E-state index in [0.29, 0.717) is 30.2 Å². The van der Waals surface area contributed by atoms with E-state index in [2.05, 4.69) is 52.5 Å². The number of nitrogens with zero attached hydrogens (tertiary/aromatic N) is 2. The first-order valence-electron chi connectivity index (χ1n) is 17.9. The predicted octanol–water partition coefficient (Wildman–Crippen LogP) is 7.81. The van der Waals surface area contributed by atoms with Gasteiger partial charge in [0, 0.05) is 52.6 Å². The van der Waals surface area contributed by atoms with Crippen molar-refractivity contribution in [2.75, 3.05) is 6.54 Å². The van der Waals surface area contributed by atoms with Crippen molar-refractivity contribution in [2.24, 2.45) is 11.8 Å². The summed E-state index contributed by atoms with van der Waals surface area (Å²) in [5, 5.41) is 8.11. The van der Waals surface area contributed by atoms with Crippen LogP contribution in [0.3, 0.4) is 0 Å². The summed E-state index contributed by atoms with van der Waals surface area (Å²) < 4.78 is 14.6. The number of fused-ring (bicyclic) bond motifs is 5. The van der Waals surface area contributed by atoms with Crippen LogP contribution in [0.25, 0.3) is 44.5 Å². The number of aryl methyl sites for hydroxylation is 1. The molecule has 2 aliphatic carbocycles. The van der Waals surface area contributed by atoms with Crippen LogP contribution in [-0.2, 0) is 17.8 Å². The van der Waals surface area contributed by atoms with Crippen molar-refractivity contribution in [3.63, 3.8) is 0 Å². The van der Waals surface area contributed by atoms with Gasteiger partial charge in [-0.2, -0.15) is 0 Å². The van der Waals surface area contributed by atoms with E-state index < -0.39 is 11.7 Å². The Morgan fingerprint density at radius 1 is 0.980 bits per heavy atom. The zero-order valence-electron chi connectivity index (χ0n) is 29.0. The Hall–Kier alpha value is -5.05. The Balaban J connectivity index is 1.03. The topological polar surface area (TPSA) is 106 Å². The molecule has 4 heterocycles. The molecule has 0 radical (unpaired) electrons. The standard InChI is InChI=1S/C41H42N4O5/c1-22-30-13-11-27(39(47)45-21-29-12-14-32(45)36(29)43-40(48)50-41(2,3)4)18-35(30)49-37(22)34-17-26-9-7-25(16-33(26)44(34)20-23-5-6-23)24-8-10-28-19-42-38(46)31(28)15-24/h7-11,13,15-18,23,29,32,36H,5-6,12,14,19-21H2,1-4H3,(H,42,46)(H,43,48)/t29?,32?,36-/m1/s1. The van der Waals surface area contributed by atoms with E-state index in [-0.39, 0.29) is 29.8 Å². The van der Waals surface area contributed by atoms with Gasteiger partial charge in [0.05, 0.1) is 17.8 Å². The maximum absolute atomic E-state index is 13.9. The van der Waals surface area contributed by atoms with Crippen LogP contribution >= 0.6 is 0 Å². The zero-order chi connectivity index (χ0) is 34.5. The first kappa shape index (κ1) is 31.0. The molecule has 2 aliphatic heterocycles. The van der Waals surface area contributed by atoms with Crippen LogP contribution in [0.15, 0.2) is 65.1 Å². The summed E-state index contributed by atoms with van der Waals surface area (Å²) in [5.74, 6) is 1.62. The molecule has 2 saturated carbocycles. The molecule has 2 N–H and O–H groups in total. The van der Waals surface area contributed by atoms with Crippen LogP contribution in [0, 0.1) is 18.8 Å². The Labute approximate surface area is 290 Å². The van der Waals surface area contributed by atoms with Gasteiger partial charge in [-0.05, 0) is 112 Å². The minimum atomic E-state index is -0.579. The number of furan rings is 1. The van der Waals surface area contributed by atoms with Gasteiger partial charge in [0.25, 0.3) is 11.8 Å². The number of benzene rings is 3. The smallest absolute Gasteiger partial charge is 0.407 e. The number of amides is 3. The zero-order valence-corrected chi connectivity index (χ0v) is 29.0. The van der Waals surface area contributed by atoms with Crippen LogP contribution in [0.1, 0.15) is 78.3 Å². The van der Waals surface area contributed by atoms with Crippen molar-refractivity contribution in [3.05, 3.63) is 82.9 Å². The SMILES string of the molecule is Cc1c(-c2cc3ccc(-c4ccc5c(c4)C(=O)NC5)cc3n2CC2CC2)oc2cc(C(=O)N3CC4CCC3[C@@H]4NC(=O)OC(C)(C)C)ccc12. The molecule has 2 unspecified atom stereocenters. The van der Waals surface area contributed by atoms with Gasteiger partial charge in [-0.15, -0.1) is 0 Å². The highest BCUT2D eigenvalue weighted by atomic mass is 16.6. The molecule has 9 rings (SSSR count). The average molecular weight is 671 g/mol. The van der Waals surface area contributed by atoms with E-state index >= 15 is 0 Å². The lowest BCUT2D eigenvalue weighted by Crippen LogP contribution is -2.46. The Morgan fingerprint density at radius 2 is 1.78 bits per heavy atom. The summed E-state index contributed by atoms with van der Waals surface area (Å²) in [6, 6.07) is 20.5. The number of hydrogen-bond donors (Lipinski definition) is 2. The highest BCUT2D eigenvalue weighted by Crippen LogP contribution is 2.42. The second kappa shape index (κ2) is 11.2. The lowest BCUT2D eigenvalue weighted by Gasteiger charge is -2.28. The minimum Gasteiger partial charge on any atom is -0.454 e. The van der Waals surface area contributed by atoms with Gasteiger partial charge in [-0.25, -0.2) is 4.79 Å². The van der Waals surface area contributed by atoms with Crippen molar-refractivity contribution in [3.8, 4) is 22.6 Å². The number of ether oxygens (including phenoxy) is 1. The van der Waals surface area contributed by atoms with Gasteiger partial charge in [-0.3, -0.25) is 9.59 Å². The van der Waals surface area contributed by atoms with Gasteiger partial charge in [0.1, 0.15) is 11.2 Å². The molecule has 0 spiro atoms. The molecule has 2 aromatic heterocycles. The summed E-state index contributed by atoms with van der Waals surface area (Å²) in [7, 11) is 0. The predicted molar refractivity (Wildman–Crippen MR) is 192 cm³/mol. The molecule has 3 amide bonds. The summed E-state index contributed by atoms with van der Waals surface area (Å²) in [5.41, 5.74) is 7.82. The highest BCUT2D eigenvalue weighted by Gasteiger charge is 2.50. The van der Waals surface area contributed by atoms with E-state index in [4.69, 9.17) is 9.15 Å². The number of nitrogens with one attached hydrogen (secondary N) is 2. The second-order valence-electron chi connectivity index (χ2n) is 15.7. The monoisotopic (exact) mass is 670 g/mol. The number of carbonyl (C=O) groups is 3. The number of alkyl carbamates (subject to hydrolysis) is 1. The molecule has 9 heteroatoms. The van der Waals surface area contributed by atoms with Crippen molar-refractivity contribution < 1.29 is 23.5 Å². The van der Waals surface area contributed by atoms with E-state index in [1.807, 2.05) is 56.0 Å². The third kappa shape index (κ3) is 5.25. The van der Waals surface area contributed by atoms with Crippen LogP contribution in [0.2, 0.25) is 0 Å². The van der Waals surface area contributed by atoms with Crippen molar-refractivity contribution >= 4 is 39.8 Å². The number of rotatable bonds is 6. The van der Waals surface area contributed by atoms with Gasteiger partial charge in [0.2, 0.25) is 0 Å². The minimum absolute atomic E-state index is 0.0143. The van der Waals surface area contributed by atoms with Crippen molar-refractivity contribution in [1.82, 2.24) is 20.1 Å². The molecule has 5 aromatic rings. The number of carbonyl (C=O) groups excluding carboxylic acids is 3. The maximum Gasteiger partial charge on any atom is 0.407 e. The number of aromatic nitrogens is 1. The maximum atomic E-state index is 13.9. The molecular formula is C41H42N4O5. The molecule has 50 heavy (non-hydrogen) atoms. The second-order valence-corrected chi connectivity index (χ2v) is 15.7. The van der Waals surface area contributed by atoms with E-state index in [0.717, 1.165) is 74.9 Å². The van der Waals surface area contributed by atoms with E-state index in [1.54, 1.807) is 0 Å². The molecular weight excluding hydrogens is 628 g/mol. The van der Waals surface area contributed by atoms with Crippen molar-refractivity contribution in [2.45, 2.75) is 84.2 Å². The number of hydrogen-bond acceptors (Lipinski definition) is 5. The van der Waals surface area contributed by atoms with Gasteiger partial charge in [0.15, 0.2) is 5.76 Å². The Bertz CT molecular complexity index is 2230. The molecule has 1 saturated heterocycles. The summed E-state index contributed by atoms with van der Waals surface area (Å²) in [6.07, 6.45) is 3.85. The number of piperidine rings is 1. The molecule has 256 valence electrons. The summed E-state index contributed by atoms with van der Waals surface area (Å²) >= 11 is 0. The molecule has 2 bridgehead atoms. The molecule has 3 atom stereocenters. The lowest BCUT2D eigenvalue weighted by molar-refractivity contribution is 0.0485. The number of likely N-dealkylation sites (tertiary alicyclic amines) is 1. The molecule has 3 fully saturated rings. The quantitative estimate of drug-likeness (QED) is 0.192. The van der Waals surface area contributed by atoms with Crippen LogP contribution in [0.4, 0.5) is 4.79 Å². The fourth-order valence-electron chi connectivity index (χ4n) is 8.43. The normalized spacial score (nSPS) is 21.2. The van der Waals surface area contributed by atoms with E-state index in [9.17, 15) is 14.4 Å². The first-order chi connectivity index (χ1) is 24.0. The Morgan fingerprint density at radius 3 is 2.58 bits per heavy atom. The van der Waals surface area contributed by atoms with Crippen LogP contribution in [-0.4, -0.2) is 51.6 Å². The lowest BCUT2D eigenvalue weighted by atomic mass is 9.99. The van der Waals surface area contributed by atoms with Crippen molar-refractivity contribution in [1.29, 1.82) is 0 Å². The molecule has 4 aliphatic rings. The third-order valence-electron chi connectivity index (χ3n) is 11.1. The summed E-state index contributed by atoms with van der Waals surface area (Å²) in [6.45, 7) is 9.76. The fraction of sp³-hybridized carbons (Fsp3) is 0.390. The third-order valence-corrected chi connectivity index (χ3v) is 11.1. The van der Waals surface area contributed by atoms with Crippen LogP contribution in [0.5, 0.6) is 0 Å². The highest BCUT2D eigenvalue weighted by molar-refractivity contribution is 6.01. The first-order valence-corrected chi connectivity index (χ1v) is 17.9. The van der Waals surface area contributed by atoms with E-state index in [1.165, 1.54) is 12.8 Å². The van der Waals surface area contributed by atoms with Gasteiger partial charge >= 0.3 is 6.09 Å². The average Bonchev–Trinajstić information content (AvgIpc) is 3.31. The van der Waals surface area contributed by atoms with Crippen LogP contribution < -0.4 is 10.6 Å². The molecule has 9 nitrogen and oxygen atoms in total. The van der Waals surface area contributed by atoms with Gasteiger partial charge in [-0.1, -0.05) is 30.3 Å². The Kier molecular flexibility index (Phi) is 6.96. The largest absolute Gasteiger partial charge is 0.454 e. The summed E-state index contributed by atoms with van der Waals surface area (Å²) in [4.78, 5) is 40.8. The molecule has 3 aromatic carbocycles. The fourth-order valence-corrected chi connectivity index (χ4v) is 8.43.